The zero-order valence-corrected chi connectivity index (χ0v) is 19.3. The first-order valence-corrected chi connectivity index (χ1v) is 11.3. The first-order valence-electron chi connectivity index (χ1n) is 11.3. The van der Waals surface area contributed by atoms with Crippen LogP contribution in [0.15, 0.2) is 97.1 Å². The molecule has 2 amide bonds. The first-order chi connectivity index (χ1) is 17.1. The van der Waals surface area contributed by atoms with Crippen molar-refractivity contribution in [3.63, 3.8) is 0 Å². The summed E-state index contributed by atoms with van der Waals surface area (Å²) in [5, 5.41) is 4.39. The van der Waals surface area contributed by atoms with Gasteiger partial charge in [0.1, 0.15) is 5.82 Å². The van der Waals surface area contributed by atoms with Crippen molar-refractivity contribution >= 4 is 23.6 Å². The van der Waals surface area contributed by atoms with Gasteiger partial charge in [-0.2, -0.15) is 5.10 Å². The lowest BCUT2D eigenvalue weighted by atomic mass is 10.1. The molecule has 0 saturated heterocycles. The van der Waals surface area contributed by atoms with Gasteiger partial charge >= 0.3 is 5.97 Å². The number of esters is 1. The zero-order chi connectivity index (χ0) is 24.6. The Labute approximate surface area is 203 Å². The molecule has 7 heteroatoms. The van der Waals surface area contributed by atoms with Crippen LogP contribution in [0.2, 0.25) is 0 Å². The Morgan fingerprint density at radius 2 is 1.26 bits per heavy atom. The molecule has 0 saturated carbocycles. The summed E-state index contributed by atoms with van der Waals surface area (Å²) in [4.78, 5) is 40.8. The lowest BCUT2D eigenvalue weighted by molar-refractivity contribution is -0.125. The van der Waals surface area contributed by atoms with Crippen LogP contribution in [0.1, 0.15) is 28.5 Å². The van der Waals surface area contributed by atoms with Crippen molar-refractivity contribution in [2.75, 3.05) is 11.5 Å². The van der Waals surface area contributed by atoms with Gasteiger partial charge in [-0.05, 0) is 30.2 Å². The SMILES string of the molecule is CCOC(=O)c1cc(N(C(=O)Cc2ccccc2)C(=O)Cc2ccccc2)n(-c2ccccc2)n1. The summed E-state index contributed by atoms with van der Waals surface area (Å²) < 4.78 is 6.55. The third-order valence-corrected chi connectivity index (χ3v) is 5.30. The quantitative estimate of drug-likeness (QED) is 0.359. The second-order valence-electron chi connectivity index (χ2n) is 7.80. The Bertz CT molecular complexity index is 1250. The summed E-state index contributed by atoms with van der Waals surface area (Å²) in [5.41, 5.74) is 2.15. The second kappa shape index (κ2) is 11.1. The molecule has 35 heavy (non-hydrogen) atoms. The van der Waals surface area contributed by atoms with Crippen molar-refractivity contribution < 1.29 is 19.1 Å². The molecule has 0 aliphatic rings. The van der Waals surface area contributed by atoms with E-state index in [1.807, 2.05) is 78.9 Å². The summed E-state index contributed by atoms with van der Waals surface area (Å²) in [6.45, 7) is 1.88. The van der Waals surface area contributed by atoms with Gasteiger partial charge in [0.05, 0.1) is 25.1 Å². The Kier molecular flexibility index (Phi) is 7.47. The second-order valence-corrected chi connectivity index (χ2v) is 7.80. The standard InChI is InChI=1S/C28H25N3O4/c1-2-35-28(34)24-20-25(31(29-24)23-16-10-5-11-17-23)30(26(32)18-21-12-6-3-7-13-21)27(33)19-22-14-8-4-9-15-22/h3-17,20H,2,18-19H2,1H3. The molecule has 176 valence electrons. The number of amides is 2. The largest absolute Gasteiger partial charge is 0.461 e. The fraction of sp³-hybridized carbons (Fsp3) is 0.143. The number of hydrogen-bond donors (Lipinski definition) is 0. The molecule has 1 aromatic heterocycles. The molecule has 4 rings (SSSR count). The Balaban J connectivity index is 1.80. The van der Waals surface area contributed by atoms with Gasteiger partial charge in [0.25, 0.3) is 0 Å². The third kappa shape index (κ3) is 5.70. The summed E-state index contributed by atoms with van der Waals surface area (Å²) in [6.07, 6.45) is 0.0200. The number of benzene rings is 3. The van der Waals surface area contributed by atoms with Crippen molar-refractivity contribution in [2.45, 2.75) is 19.8 Å². The Morgan fingerprint density at radius 1 is 0.771 bits per heavy atom. The maximum atomic E-state index is 13.6. The number of aromatic nitrogens is 2. The van der Waals surface area contributed by atoms with E-state index < -0.39 is 17.8 Å². The minimum Gasteiger partial charge on any atom is -0.461 e. The molecule has 0 aliphatic carbocycles. The van der Waals surface area contributed by atoms with Crippen LogP contribution < -0.4 is 4.90 Å². The van der Waals surface area contributed by atoms with E-state index in [1.165, 1.54) is 10.7 Å². The van der Waals surface area contributed by atoms with E-state index in [2.05, 4.69) is 5.10 Å². The van der Waals surface area contributed by atoms with Crippen LogP contribution in [0.4, 0.5) is 5.82 Å². The Morgan fingerprint density at radius 3 is 1.74 bits per heavy atom. The molecule has 0 N–H and O–H groups in total. The van der Waals surface area contributed by atoms with Gasteiger partial charge in [0.2, 0.25) is 11.8 Å². The van der Waals surface area contributed by atoms with E-state index in [9.17, 15) is 14.4 Å². The lowest BCUT2D eigenvalue weighted by Gasteiger charge is -2.22. The predicted octanol–water partition coefficient (Wildman–Crippen LogP) is 4.39. The summed E-state index contributed by atoms with van der Waals surface area (Å²) in [6, 6.07) is 28.9. The highest BCUT2D eigenvalue weighted by Crippen LogP contribution is 2.24. The molecule has 0 aliphatic heterocycles. The molecule has 3 aromatic carbocycles. The molecule has 4 aromatic rings. The lowest BCUT2D eigenvalue weighted by Crippen LogP contribution is -2.40. The maximum Gasteiger partial charge on any atom is 0.358 e. The van der Waals surface area contributed by atoms with Crippen LogP contribution in [0.3, 0.4) is 0 Å². The topological polar surface area (TPSA) is 81.5 Å². The molecule has 0 fully saturated rings. The fourth-order valence-corrected chi connectivity index (χ4v) is 3.69. The van der Waals surface area contributed by atoms with Gasteiger partial charge < -0.3 is 4.74 Å². The van der Waals surface area contributed by atoms with Crippen LogP contribution in [-0.2, 0) is 27.2 Å². The zero-order valence-electron chi connectivity index (χ0n) is 19.3. The number of ether oxygens (including phenoxy) is 1. The summed E-state index contributed by atoms with van der Waals surface area (Å²) >= 11 is 0. The highest BCUT2D eigenvalue weighted by atomic mass is 16.5. The van der Waals surface area contributed by atoms with Gasteiger partial charge in [-0.1, -0.05) is 78.9 Å². The van der Waals surface area contributed by atoms with Crippen molar-refractivity contribution in [3.8, 4) is 5.69 Å². The van der Waals surface area contributed by atoms with Crippen molar-refractivity contribution in [3.05, 3.63) is 114 Å². The molecule has 0 atom stereocenters. The summed E-state index contributed by atoms with van der Waals surface area (Å²) in [7, 11) is 0. The molecular weight excluding hydrogens is 442 g/mol. The highest BCUT2D eigenvalue weighted by Gasteiger charge is 2.29. The number of nitrogens with zero attached hydrogens (tertiary/aromatic N) is 3. The van der Waals surface area contributed by atoms with Crippen LogP contribution in [0.25, 0.3) is 5.69 Å². The van der Waals surface area contributed by atoms with E-state index in [-0.39, 0.29) is 31.0 Å². The minimum absolute atomic E-state index is 0.00993. The van der Waals surface area contributed by atoms with E-state index in [1.54, 1.807) is 19.1 Å². The van der Waals surface area contributed by atoms with Crippen molar-refractivity contribution in [1.29, 1.82) is 0 Å². The average molecular weight is 468 g/mol. The molecule has 0 spiro atoms. The maximum absolute atomic E-state index is 13.6. The first kappa shape index (κ1) is 23.6. The molecule has 0 unspecified atom stereocenters. The van der Waals surface area contributed by atoms with E-state index >= 15 is 0 Å². The number of para-hydroxylation sites is 1. The van der Waals surface area contributed by atoms with Gasteiger partial charge in [-0.15, -0.1) is 0 Å². The molecule has 0 radical (unpaired) electrons. The number of anilines is 1. The number of hydrogen-bond acceptors (Lipinski definition) is 5. The third-order valence-electron chi connectivity index (χ3n) is 5.30. The van der Waals surface area contributed by atoms with Gasteiger partial charge in [0, 0.05) is 6.07 Å². The molecule has 1 heterocycles. The number of imide groups is 1. The monoisotopic (exact) mass is 467 g/mol. The molecular formula is C28H25N3O4. The van der Waals surface area contributed by atoms with Crippen molar-refractivity contribution in [2.24, 2.45) is 0 Å². The van der Waals surface area contributed by atoms with Crippen LogP contribution in [0.5, 0.6) is 0 Å². The summed E-state index contributed by atoms with van der Waals surface area (Å²) in [5.74, 6) is -1.30. The molecule has 0 bridgehead atoms. The normalized spacial score (nSPS) is 10.5. The Hall–Kier alpha value is -4.52. The van der Waals surface area contributed by atoms with Crippen LogP contribution >= 0.6 is 0 Å². The van der Waals surface area contributed by atoms with Gasteiger partial charge in [0.15, 0.2) is 5.69 Å². The van der Waals surface area contributed by atoms with Crippen molar-refractivity contribution in [1.82, 2.24) is 9.78 Å². The highest BCUT2D eigenvalue weighted by molar-refractivity contribution is 6.15. The number of carbonyl (C=O) groups excluding carboxylic acids is 3. The smallest absolute Gasteiger partial charge is 0.358 e. The van der Waals surface area contributed by atoms with E-state index in [4.69, 9.17) is 4.74 Å². The minimum atomic E-state index is -0.630. The van der Waals surface area contributed by atoms with Crippen LogP contribution in [-0.4, -0.2) is 34.2 Å². The van der Waals surface area contributed by atoms with E-state index in [0.29, 0.717) is 5.69 Å². The number of rotatable bonds is 8. The number of carbonyl (C=O) groups is 3. The van der Waals surface area contributed by atoms with Gasteiger partial charge in [-0.25, -0.2) is 14.4 Å². The van der Waals surface area contributed by atoms with Gasteiger partial charge in [-0.3, -0.25) is 9.59 Å². The molecule has 7 nitrogen and oxygen atoms in total. The average Bonchev–Trinajstić information content (AvgIpc) is 3.31. The fourth-order valence-electron chi connectivity index (χ4n) is 3.69. The van der Waals surface area contributed by atoms with Crippen LogP contribution in [0, 0.1) is 0 Å². The van der Waals surface area contributed by atoms with E-state index in [0.717, 1.165) is 16.0 Å². The predicted molar refractivity (Wildman–Crippen MR) is 132 cm³/mol.